The van der Waals surface area contributed by atoms with Gasteiger partial charge in [-0.05, 0) is 29.8 Å². The Bertz CT molecular complexity index is 576. The number of halogens is 3. The lowest BCUT2D eigenvalue weighted by atomic mass is 10.2. The molecule has 0 saturated carbocycles. The summed E-state index contributed by atoms with van der Waals surface area (Å²) < 4.78 is 13.0. The summed E-state index contributed by atoms with van der Waals surface area (Å²) in [6.45, 7) is 2.19. The van der Waals surface area contributed by atoms with Crippen molar-refractivity contribution in [3.63, 3.8) is 0 Å². The van der Waals surface area contributed by atoms with Crippen molar-refractivity contribution in [2.45, 2.75) is 6.54 Å². The van der Waals surface area contributed by atoms with Gasteiger partial charge < -0.3 is 10.6 Å². The number of hydrogen-bond donors (Lipinski definition) is 2. The topological polar surface area (TPSA) is 24.1 Å². The molecule has 0 aliphatic carbocycles. The quantitative estimate of drug-likeness (QED) is 0.776. The monoisotopic (exact) mass is 312 g/mol. The van der Waals surface area contributed by atoms with Crippen LogP contribution in [-0.4, -0.2) is 13.1 Å². The predicted molar refractivity (Wildman–Crippen MR) is 83.1 cm³/mol. The molecule has 106 valence electrons. The first-order valence-electron chi connectivity index (χ1n) is 6.30. The molecule has 2 aromatic rings. The molecule has 2 rings (SSSR count). The molecule has 0 radical (unpaired) electrons. The summed E-state index contributed by atoms with van der Waals surface area (Å²) in [6.07, 6.45) is 0. The van der Waals surface area contributed by atoms with Gasteiger partial charge in [0.25, 0.3) is 0 Å². The molecule has 0 aromatic heterocycles. The first-order chi connectivity index (χ1) is 9.66. The van der Waals surface area contributed by atoms with Gasteiger partial charge in [0.2, 0.25) is 0 Å². The van der Waals surface area contributed by atoms with Crippen molar-refractivity contribution in [3.8, 4) is 0 Å². The molecule has 20 heavy (non-hydrogen) atoms. The smallest absolute Gasteiger partial charge is 0.141 e. The third-order valence-electron chi connectivity index (χ3n) is 2.82. The molecule has 0 amide bonds. The average molecular weight is 313 g/mol. The fraction of sp³-hybridized carbons (Fsp3) is 0.200. The fourth-order valence-corrected chi connectivity index (χ4v) is 2.15. The Kier molecular flexibility index (Phi) is 5.65. The molecule has 0 spiro atoms. The normalized spacial score (nSPS) is 10.6. The first kappa shape index (κ1) is 15.1. The Morgan fingerprint density at radius 1 is 0.950 bits per heavy atom. The van der Waals surface area contributed by atoms with Crippen molar-refractivity contribution in [1.29, 1.82) is 0 Å². The summed E-state index contributed by atoms with van der Waals surface area (Å²) >= 11 is 11.8. The summed E-state index contributed by atoms with van der Waals surface area (Å²) in [4.78, 5) is 0. The molecular formula is C15H15Cl2FN2. The third-order valence-corrected chi connectivity index (χ3v) is 3.48. The fourth-order valence-electron chi connectivity index (χ4n) is 1.77. The highest BCUT2D eigenvalue weighted by molar-refractivity contribution is 6.31. The SMILES string of the molecule is Fc1ccc(NCCNCc2ccccc2Cl)cc1Cl. The van der Waals surface area contributed by atoms with Gasteiger partial charge >= 0.3 is 0 Å². The molecule has 0 unspecified atom stereocenters. The lowest BCUT2D eigenvalue weighted by molar-refractivity contribution is 0.628. The van der Waals surface area contributed by atoms with Crippen molar-refractivity contribution in [2.24, 2.45) is 0 Å². The van der Waals surface area contributed by atoms with Crippen molar-refractivity contribution in [3.05, 3.63) is 63.9 Å². The van der Waals surface area contributed by atoms with E-state index in [1.165, 1.54) is 6.07 Å². The van der Waals surface area contributed by atoms with Crippen LogP contribution in [0.4, 0.5) is 10.1 Å². The lowest BCUT2D eigenvalue weighted by Crippen LogP contribution is -2.21. The van der Waals surface area contributed by atoms with Crippen molar-refractivity contribution in [2.75, 3.05) is 18.4 Å². The van der Waals surface area contributed by atoms with E-state index >= 15 is 0 Å². The average Bonchev–Trinajstić information content (AvgIpc) is 2.44. The van der Waals surface area contributed by atoms with Gasteiger partial charge in [-0.3, -0.25) is 0 Å². The zero-order chi connectivity index (χ0) is 14.4. The maximum Gasteiger partial charge on any atom is 0.141 e. The van der Waals surface area contributed by atoms with Crippen LogP contribution in [-0.2, 0) is 6.54 Å². The van der Waals surface area contributed by atoms with E-state index in [0.29, 0.717) is 13.1 Å². The van der Waals surface area contributed by atoms with Crippen molar-refractivity contribution >= 4 is 28.9 Å². The van der Waals surface area contributed by atoms with Crippen LogP contribution < -0.4 is 10.6 Å². The first-order valence-corrected chi connectivity index (χ1v) is 7.05. The van der Waals surface area contributed by atoms with Crippen molar-refractivity contribution in [1.82, 2.24) is 5.32 Å². The number of anilines is 1. The van der Waals surface area contributed by atoms with Gasteiger partial charge in [0.15, 0.2) is 0 Å². The Hall–Kier alpha value is -1.29. The predicted octanol–water partition coefficient (Wildman–Crippen LogP) is 4.33. The molecule has 2 aromatic carbocycles. The minimum Gasteiger partial charge on any atom is -0.384 e. The van der Waals surface area contributed by atoms with Crippen LogP contribution in [0.2, 0.25) is 10.0 Å². The van der Waals surface area contributed by atoms with Crippen LogP contribution in [0, 0.1) is 5.82 Å². The molecule has 0 saturated heterocycles. The molecule has 0 aliphatic rings. The van der Waals surface area contributed by atoms with Crippen LogP contribution in [0.15, 0.2) is 42.5 Å². The third kappa shape index (κ3) is 4.37. The molecule has 2 nitrogen and oxygen atoms in total. The van der Waals surface area contributed by atoms with Crippen molar-refractivity contribution < 1.29 is 4.39 Å². The van der Waals surface area contributed by atoms with E-state index in [-0.39, 0.29) is 5.02 Å². The second kappa shape index (κ2) is 7.48. The van der Waals surface area contributed by atoms with Gasteiger partial charge in [0.1, 0.15) is 5.82 Å². The Labute approximate surface area is 127 Å². The van der Waals surface area contributed by atoms with Gasteiger partial charge in [-0.25, -0.2) is 4.39 Å². The highest BCUT2D eigenvalue weighted by Crippen LogP contribution is 2.19. The summed E-state index contributed by atoms with van der Waals surface area (Å²) in [5.74, 6) is -0.408. The van der Waals surface area contributed by atoms with E-state index in [9.17, 15) is 4.39 Å². The Morgan fingerprint density at radius 2 is 1.75 bits per heavy atom. The minimum atomic E-state index is -0.408. The summed E-state index contributed by atoms with van der Waals surface area (Å²) in [5.41, 5.74) is 1.87. The lowest BCUT2D eigenvalue weighted by Gasteiger charge is -2.09. The van der Waals surface area contributed by atoms with Gasteiger partial charge in [-0.15, -0.1) is 0 Å². The van der Waals surface area contributed by atoms with Gasteiger partial charge in [-0.2, -0.15) is 0 Å². The summed E-state index contributed by atoms with van der Waals surface area (Å²) in [7, 11) is 0. The Balaban J connectivity index is 1.71. The van der Waals surface area contributed by atoms with E-state index in [0.717, 1.165) is 22.8 Å². The molecule has 0 atom stereocenters. The summed E-state index contributed by atoms with van der Waals surface area (Å²) in [5, 5.41) is 7.34. The van der Waals surface area contributed by atoms with Gasteiger partial charge in [0.05, 0.1) is 5.02 Å². The van der Waals surface area contributed by atoms with E-state index in [4.69, 9.17) is 23.2 Å². The minimum absolute atomic E-state index is 0.124. The molecule has 2 N–H and O–H groups in total. The number of benzene rings is 2. The number of nitrogens with one attached hydrogen (secondary N) is 2. The van der Waals surface area contributed by atoms with E-state index in [1.54, 1.807) is 12.1 Å². The largest absolute Gasteiger partial charge is 0.384 e. The highest BCUT2D eigenvalue weighted by atomic mass is 35.5. The van der Waals surface area contributed by atoms with Crippen LogP contribution in [0.25, 0.3) is 0 Å². The molecule has 0 bridgehead atoms. The maximum atomic E-state index is 13.0. The van der Waals surface area contributed by atoms with Crippen LogP contribution >= 0.6 is 23.2 Å². The maximum absolute atomic E-state index is 13.0. The van der Waals surface area contributed by atoms with Gasteiger partial charge in [0, 0.05) is 30.3 Å². The van der Waals surface area contributed by atoms with E-state index < -0.39 is 5.82 Å². The zero-order valence-electron chi connectivity index (χ0n) is 10.8. The molecular weight excluding hydrogens is 298 g/mol. The van der Waals surface area contributed by atoms with Gasteiger partial charge in [-0.1, -0.05) is 41.4 Å². The molecule has 0 fully saturated rings. The summed E-state index contributed by atoms with van der Waals surface area (Å²) in [6, 6.07) is 12.3. The van der Waals surface area contributed by atoms with E-state index in [1.807, 2.05) is 24.3 Å². The van der Waals surface area contributed by atoms with Crippen LogP contribution in [0.3, 0.4) is 0 Å². The number of hydrogen-bond acceptors (Lipinski definition) is 2. The molecule has 0 heterocycles. The van der Waals surface area contributed by atoms with Crippen LogP contribution in [0.1, 0.15) is 5.56 Å². The van der Waals surface area contributed by atoms with E-state index in [2.05, 4.69) is 10.6 Å². The molecule has 0 aliphatic heterocycles. The van der Waals surface area contributed by atoms with Crippen LogP contribution in [0.5, 0.6) is 0 Å². The molecule has 5 heteroatoms. The second-order valence-corrected chi connectivity index (χ2v) is 5.14. The zero-order valence-corrected chi connectivity index (χ0v) is 12.3. The highest BCUT2D eigenvalue weighted by Gasteiger charge is 2.00. The Morgan fingerprint density at radius 3 is 2.50 bits per heavy atom. The second-order valence-electron chi connectivity index (χ2n) is 4.32. The standard InChI is InChI=1S/C15H15Cl2FN2/c16-13-4-2-1-3-11(13)10-19-7-8-20-12-5-6-15(18)14(17)9-12/h1-6,9,19-20H,7-8,10H2. The number of rotatable bonds is 6.